The monoisotopic (exact) mass is 343 g/mol. The summed E-state index contributed by atoms with van der Waals surface area (Å²) in [5, 5.41) is 8.67. The minimum Gasteiger partial charge on any atom is -0.481 e. The summed E-state index contributed by atoms with van der Waals surface area (Å²) in [6.45, 7) is 4.12. The van der Waals surface area contributed by atoms with Gasteiger partial charge in [0.2, 0.25) is 0 Å². The van der Waals surface area contributed by atoms with E-state index in [9.17, 15) is 9.59 Å². The highest BCUT2D eigenvalue weighted by Crippen LogP contribution is 2.17. The van der Waals surface area contributed by atoms with Crippen LogP contribution in [0.2, 0.25) is 0 Å². The number of carboxylic acids is 1. The van der Waals surface area contributed by atoms with Gasteiger partial charge in [-0.3, -0.25) is 9.59 Å². The quantitative estimate of drug-likeness (QED) is 0.826. The van der Waals surface area contributed by atoms with Crippen molar-refractivity contribution in [1.82, 2.24) is 4.90 Å². The van der Waals surface area contributed by atoms with Gasteiger partial charge in [0.1, 0.15) is 5.75 Å². The van der Waals surface area contributed by atoms with Gasteiger partial charge in [-0.2, -0.15) is 0 Å². The van der Waals surface area contributed by atoms with Gasteiger partial charge in [0.15, 0.2) is 6.10 Å². The van der Waals surface area contributed by atoms with E-state index in [2.05, 4.69) is 15.9 Å². The zero-order valence-corrected chi connectivity index (χ0v) is 13.1. The summed E-state index contributed by atoms with van der Waals surface area (Å²) in [5.41, 5.74) is 0. The Kier molecular flexibility index (Phi) is 6.51. The second-order valence-electron chi connectivity index (χ2n) is 4.28. The first-order valence-corrected chi connectivity index (χ1v) is 7.16. The molecule has 0 aliphatic rings. The molecule has 6 heteroatoms. The van der Waals surface area contributed by atoms with Crippen LogP contribution in [0.1, 0.15) is 20.3 Å². The Hall–Kier alpha value is -1.56. The topological polar surface area (TPSA) is 66.8 Å². The van der Waals surface area contributed by atoms with Crippen LogP contribution >= 0.6 is 15.9 Å². The van der Waals surface area contributed by atoms with Gasteiger partial charge in [-0.15, -0.1) is 0 Å². The van der Waals surface area contributed by atoms with Crippen LogP contribution in [0.15, 0.2) is 28.7 Å². The van der Waals surface area contributed by atoms with E-state index >= 15 is 0 Å². The summed E-state index contributed by atoms with van der Waals surface area (Å²) in [4.78, 5) is 24.2. The number of aliphatic carboxylic acids is 1. The fourth-order valence-electron chi connectivity index (χ4n) is 1.68. The molecular weight excluding hydrogens is 326 g/mol. The van der Waals surface area contributed by atoms with E-state index < -0.39 is 12.1 Å². The first kappa shape index (κ1) is 16.5. The SMILES string of the molecule is CCN(CCC(=O)O)C(=O)C(C)Oc1ccc(Br)cc1. The van der Waals surface area contributed by atoms with Crippen molar-refractivity contribution < 1.29 is 19.4 Å². The molecule has 110 valence electrons. The van der Waals surface area contributed by atoms with Crippen molar-refractivity contribution in [2.75, 3.05) is 13.1 Å². The number of ether oxygens (including phenoxy) is 1. The number of carbonyl (C=O) groups is 2. The maximum atomic E-state index is 12.2. The summed E-state index contributed by atoms with van der Waals surface area (Å²) < 4.78 is 6.49. The summed E-state index contributed by atoms with van der Waals surface area (Å²) in [6.07, 6.45) is -0.713. The lowest BCUT2D eigenvalue weighted by Gasteiger charge is -2.24. The number of amides is 1. The molecule has 0 spiro atoms. The molecule has 1 rings (SSSR count). The number of carboxylic acid groups (broad SMARTS) is 1. The Morgan fingerprint density at radius 1 is 1.35 bits per heavy atom. The molecular formula is C14H18BrNO4. The minimum absolute atomic E-state index is 0.0649. The van der Waals surface area contributed by atoms with Crippen molar-refractivity contribution in [2.45, 2.75) is 26.4 Å². The van der Waals surface area contributed by atoms with E-state index in [0.717, 1.165) is 4.47 Å². The Balaban J connectivity index is 2.59. The molecule has 1 N–H and O–H groups in total. The Labute approximate surface area is 126 Å². The highest BCUT2D eigenvalue weighted by atomic mass is 79.9. The number of nitrogens with zero attached hydrogens (tertiary/aromatic N) is 1. The van der Waals surface area contributed by atoms with Gasteiger partial charge in [-0.1, -0.05) is 15.9 Å². The number of halogens is 1. The van der Waals surface area contributed by atoms with Gasteiger partial charge in [0, 0.05) is 17.6 Å². The molecule has 5 nitrogen and oxygen atoms in total. The summed E-state index contributed by atoms with van der Waals surface area (Å²) in [6, 6.07) is 7.19. The van der Waals surface area contributed by atoms with Crippen LogP contribution in [0.5, 0.6) is 5.75 Å². The molecule has 0 aliphatic heterocycles. The molecule has 1 aromatic rings. The third-order valence-electron chi connectivity index (χ3n) is 2.76. The Bertz CT molecular complexity index is 461. The third kappa shape index (κ3) is 5.21. The molecule has 0 saturated carbocycles. The number of carbonyl (C=O) groups excluding carboxylic acids is 1. The summed E-state index contributed by atoms with van der Waals surface area (Å²) >= 11 is 3.32. The zero-order chi connectivity index (χ0) is 15.1. The van der Waals surface area contributed by atoms with Crippen molar-refractivity contribution >= 4 is 27.8 Å². The molecule has 1 unspecified atom stereocenters. The lowest BCUT2D eigenvalue weighted by molar-refractivity contribution is -0.140. The van der Waals surface area contributed by atoms with Crippen molar-refractivity contribution in [3.05, 3.63) is 28.7 Å². The average molecular weight is 344 g/mol. The first-order valence-electron chi connectivity index (χ1n) is 6.36. The number of likely N-dealkylation sites (N-methyl/N-ethyl adjacent to an activating group) is 1. The lowest BCUT2D eigenvalue weighted by Crippen LogP contribution is -2.41. The molecule has 0 bridgehead atoms. The van der Waals surface area contributed by atoms with Gasteiger partial charge in [-0.05, 0) is 38.1 Å². The maximum Gasteiger partial charge on any atom is 0.305 e. The molecule has 0 heterocycles. The number of benzene rings is 1. The van der Waals surface area contributed by atoms with Gasteiger partial charge in [0.25, 0.3) is 5.91 Å². The smallest absolute Gasteiger partial charge is 0.305 e. The summed E-state index contributed by atoms with van der Waals surface area (Å²) in [5.74, 6) is -0.530. The van der Waals surface area contributed by atoms with Crippen LogP contribution in [0.4, 0.5) is 0 Å². The van der Waals surface area contributed by atoms with Crippen LogP contribution < -0.4 is 4.74 Å². The van der Waals surface area contributed by atoms with E-state index in [-0.39, 0.29) is 18.9 Å². The standard InChI is InChI=1S/C14H18BrNO4/c1-3-16(9-8-13(17)18)14(19)10(2)20-12-6-4-11(15)5-7-12/h4-7,10H,3,8-9H2,1-2H3,(H,17,18). The number of hydrogen-bond acceptors (Lipinski definition) is 3. The average Bonchev–Trinajstić information content (AvgIpc) is 2.41. The van der Waals surface area contributed by atoms with Crippen molar-refractivity contribution in [3.63, 3.8) is 0 Å². The Morgan fingerprint density at radius 2 is 1.95 bits per heavy atom. The van der Waals surface area contributed by atoms with Gasteiger partial charge in [0.05, 0.1) is 6.42 Å². The molecule has 0 aliphatic carbocycles. The van der Waals surface area contributed by atoms with Crippen LogP contribution in [0, 0.1) is 0 Å². The largest absolute Gasteiger partial charge is 0.481 e. The summed E-state index contributed by atoms with van der Waals surface area (Å²) in [7, 11) is 0. The molecule has 0 aromatic heterocycles. The number of hydrogen-bond donors (Lipinski definition) is 1. The number of rotatable bonds is 7. The fourth-order valence-corrected chi connectivity index (χ4v) is 1.94. The van der Waals surface area contributed by atoms with E-state index in [4.69, 9.17) is 9.84 Å². The van der Waals surface area contributed by atoms with Gasteiger partial charge < -0.3 is 14.7 Å². The van der Waals surface area contributed by atoms with Crippen molar-refractivity contribution in [1.29, 1.82) is 0 Å². The lowest BCUT2D eigenvalue weighted by atomic mass is 10.3. The highest BCUT2D eigenvalue weighted by Gasteiger charge is 2.21. The van der Waals surface area contributed by atoms with E-state index in [1.165, 1.54) is 4.90 Å². The van der Waals surface area contributed by atoms with E-state index in [1.807, 2.05) is 19.1 Å². The van der Waals surface area contributed by atoms with Crippen LogP contribution in [0.25, 0.3) is 0 Å². The second-order valence-corrected chi connectivity index (χ2v) is 5.19. The second kappa shape index (κ2) is 7.89. The van der Waals surface area contributed by atoms with Crippen LogP contribution in [-0.2, 0) is 9.59 Å². The minimum atomic E-state index is -0.919. The molecule has 1 amide bonds. The predicted octanol–water partition coefficient (Wildman–Crippen LogP) is 2.54. The third-order valence-corrected chi connectivity index (χ3v) is 3.29. The molecule has 0 fully saturated rings. The molecule has 1 atom stereocenters. The Morgan fingerprint density at radius 3 is 2.45 bits per heavy atom. The predicted molar refractivity (Wildman–Crippen MR) is 78.7 cm³/mol. The molecule has 1 aromatic carbocycles. The zero-order valence-electron chi connectivity index (χ0n) is 11.5. The van der Waals surface area contributed by atoms with E-state index in [1.54, 1.807) is 19.1 Å². The van der Waals surface area contributed by atoms with Crippen molar-refractivity contribution in [2.24, 2.45) is 0 Å². The van der Waals surface area contributed by atoms with E-state index in [0.29, 0.717) is 12.3 Å². The maximum absolute atomic E-state index is 12.2. The van der Waals surface area contributed by atoms with Gasteiger partial charge in [-0.25, -0.2) is 0 Å². The van der Waals surface area contributed by atoms with Gasteiger partial charge >= 0.3 is 5.97 Å². The van der Waals surface area contributed by atoms with Crippen molar-refractivity contribution in [3.8, 4) is 5.75 Å². The van der Waals surface area contributed by atoms with Crippen LogP contribution in [-0.4, -0.2) is 41.1 Å². The molecule has 0 saturated heterocycles. The normalized spacial score (nSPS) is 11.8. The first-order chi connectivity index (χ1) is 9.43. The molecule has 0 radical (unpaired) electrons. The molecule has 20 heavy (non-hydrogen) atoms. The fraction of sp³-hybridized carbons (Fsp3) is 0.429. The highest BCUT2D eigenvalue weighted by molar-refractivity contribution is 9.10. The van der Waals surface area contributed by atoms with Crippen LogP contribution in [0.3, 0.4) is 0 Å².